The first-order chi connectivity index (χ1) is 7.35. The first-order valence-corrected chi connectivity index (χ1v) is 5.72. The highest BCUT2D eigenvalue weighted by Crippen LogP contribution is 2.35. The molecule has 1 saturated carbocycles. The molecule has 0 radical (unpaired) electrons. The number of carbonyl (C=O) groups excluding carboxylic acids is 1. The highest BCUT2D eigenvalue weighted by Gasteiger charge is 2.25. The Morgan fingerprint density at radius 2 is 2.33 bits per heavy atom. The fraction of sp³-hybridized carbons (Fsp3) is 0.727. The number of aldehydes is 1. The molecule has 0 saturated heterocycles. The molecule has 4 nitrogen and oxygen atoms in total. The summed E-state index contributed by atoms with van der Waals surface area (Å²) in [6, 6.07) is 0.449. The third-order valence-corrected chi connectivity index (χ3v) is 3.38. The topological polar surface area (TPSA) is 47.8 Å². The van der Waals surface area contributed by atoms with Gasteiger partial charge in [-0.2, -0.15) is 0 Å². The summed E-state index contributed by atoms with van der Waals surface area (Å²) in [4.78, 5) is 10.5. The lowest BCUT2D eigenvalue weighted by atomic mass is 9.83. The van der Waals surface area contributed by atoms with Crippen molar-refractivity contribution < 1.29 is 4.79 Å². The van der Waals surface area contributed by atoms with E-state index in [-0.39, 0.29) is 0 Å². The molecule has 2 unspecified atom stereocenters. The highest BCUT2D eigenvalue weighted by molar-refractivity contribution is 5.70. The van der Waals surface area contributed by atoms with E-state index >= 15 is 0 Å². The van der Waals surface area contributed by atoms with Crippen LogP contribution in [-0.2, 0) is 0 Å². The molecule has 0 bridgehead atoms. The molecule has 4 heteroatoms. The lowest BCUT2D eigenvalue weighted by Gasteiger charge is -2.30. The summed E-state index contributed by atoms with van der Waals surface area (Å²) in [7, 11) is 0. The molecule has 2 atom stereocenters. The van der Waals surface area contributed by atoms with Crippen molar-refractivity contribution in [1.29, 1.82) is 0 Å². The minimum atomic E-state index is 0.440. The van der Waals surface area contributed by atoms with Gasteiger partial charge in [0.1, 0.15) is 5.69 Å². The van der Waals surface area contributed by atoms with Gasteiger partial charge in [0.05, 0.1) is 12.2 Å². The van der Waals surface area contributed by atoms with E-state index in [1.54, 1.807) is 6.20 Å². The maximum atomic E-state index is 10.5. The quantitative estimate of drug-likeness (QED) is 0.714. The zero-order valence-electron chi connectivity index (χ0n) is 9.09. The Hall–Kier alpha value is -1.19. The maximum absolute atomic E-state index is 10.5. The van der Waals surface area contributed by atoms with Crippen LogP contribution in [-0.4, -0.2) is 21.3 Å². The molecule has 0 N–H and O–H groups in total. The van der Waals surface area contributed by atoms with Crippen LogP contribution in [0.1, 0.15) is 55.6 Å². The monoisotopic (exact) mass is 207 g/mol. The van der Waals surface area contributed by atoms with Crippen molar-refractivity contribution in [1.82, 2.24) is 15.0 Å². The first kappa shape index (κ1) is 10.3. The molecule has 1 aromatic rings. The van der Waals surface area contributed by atoms with Gasteiger partial charge in [0.2, 0.25) is 0 Å². The molecule has 0 amide bonds. The fourth-order valence-electron chi connectivity index (χ4n) is 2.52. The van der Waals surface area contributed by atoms with Crippen molar-refractivity contribution in [3.05, 3.63) is 11.9 Å². The smallest absolute Gasteiger partial charge is 0.171 e. The molecule has 1 aliphatic rings. The van der Waals surface area contributed by atoms with Crippen LogP contribution < -0.4 is 0 Å². The number of aromatic nitrogens is 3. The van der Waals surface area contributed by atoms with Gasteiger partial charge in [-0.1, -0.05) is 31.4 Å². The second-order valence-electron chi connectivity index (χ2n) is 4.26. The Labute approximate surface area is 89.7 Å². The number of hydrogen-bond acceptors (Lipinski definition) is 3. The van der Waals surface area contributed by atoms with Crippen molar-refractivity contribution in [2.24, 2.45) is 5.92 Å². The van der Waals surface area contributed by atoms with E-state index < -0.39 is 0 Å². The normalized spacial score (nSPS) is 26.5. The largest absolute Gasteiger partial charge is 0.296 e. The standard InChI is InChI=1S/C11H17N3O/c1-2-9-5-3-4-6-11(9)14-7-10(8-15)12-13-14/h7-9,11H,2-6H2,1H3. The maximum Gasteiger partial charge on any atom is 0.171 e. The minimum Gasteiger partial charge on any atom is -0.296 e. The lowest BCUT2D eigenvalue weighted by molar-refractivity contribution is 0.111. The minimum absolute atomic E-state index is 0.440. The molecule has 2 rings (SSSR count). The summed E-state index contributed by atoms with van der Waals surface area (Å²) < 4.78 is 1.89. The second kappa shape index (κ2) is 4.55. The Bertz CT molecular complexity index is 334. The van der Waals surface area contributed by atoms with Gasteiger partial charge in [-0.3, -0.25) is 4.79 Å². The third kappa shape index (κ3) is 2.08. The molecule has 0 aromatic carbocycles. The molecule has 15 heavy (non-hydrogen) atoms. The number of nitrogens with zero attached hydrogens (tertiary/aromatic N) is 3. The average Bonchev–Trinajstić information content (AvgIpc) is 2.77. The van der Waals surface area contributed by atoms with Gasteiger partial charge in [-0.15, -0.1) is 5.10 Å². The van der Waals surface area contributed by atoms with Crippen LogP contribution in [0.25, 0.3) is 0 Å². The summed E-state index contributed by atoms with van der Waals surface area (Å²) in [6.07, 6.45) is 8.74. The van der Waals surface area contributed by atoms with Crippen molar-refractivity contribution >= 4 is 6.29 Å². The predicted octanol–water partition coefficient (Wildman–Crippen LogP) is 2.23. The van der Waals surface area contributed by atoms with E-state index in [0.717, 1.165) is 6.29 Å². The van der Waals surface area contributed by atoms with E-state index in [2.05, 4.69) is 17.2 Å². The molecule has 1 aromatic heterocycles. The fourth-order valence-corrected chi connectivity index (χ4v) is 2.52. The Morgan fingerprint density at radius 1 is 1.53 bits per heavy atom. The van der Waals surface area contributed by atoms with Gasteiger partial charge < -0.3 is 0 Å². The van der Waals surface area contributed by atoms with E-state index in [4.69, 9.17) is 0 Å². The van der Waals surface area contributed by atoms with Gasteiger partial charge >= 0.3 is 0 Å². The van der Waals surface area contributed by atoms with Crippen LogP contribution in [0.2, 0.25) is 0 Å². The Morgan fingerprint density at radius 3 is 3.00 bits per heavy atom. The molecular weight excluding hydrogens is 190 g/mol. The van der Waals surface area contributed by atoms with Crippen molar-refractivity contribution in [2.45, 2.75) is 45.1 Å². The van der Waals surface area contributed by atoms with Crippen LogP contribution in [0, 0.1) is 5.92 Å². The van der Waals surface area contributed by atoms with Gasteiger partial charge in [-0.25, -0.2) is 4.68 Å². The van der Waals surface area contributed by atoms with Crippen LogP contribution in [0.15, 0.2) is 6.20 Å². The van der Waals surface area contributed by atoms with E-state index in [1.807, 2.05) is 4.68 Å². The zero-order chi connectivity index (χ0) is 10.7. The summed E-state index contributed by atoms with van der Waals surface area (Å²) in [5.41, 5.74) is 0.440. The third-order valence-electron chi connectivity index (χ3n) is 3.38. The van der Waals surface area contributed by atoms with Crippen molar-refractivity contribution in [3.8, 4) is 0 Å². The molecule has 1 heterocycles. The number of hydrogen-bond donors (Lipinski definition) is 0. The molecular formula is C11H17N3O. The average molecular weight is 207 g/mol. The van der Waals surface area contributed by atoms with Crippen LogP contribution in [0.4, 0.5) is 0 Å². The Balaban J connectivity index is 2.16. The van der Waals surface area contributed by atoms with Gasteiger partial charge in [-0.05, 0) is 18.8 Å². The number of carbonyl (C=O) groups is 1. The highest BCUT2D eigenvalue weighted by atomic mass is 16.1. The molecule has 82 valence electrons. The predicted molar refractivity (Wildman–Crippen MR) is 56.7 cm³/mol. The van der Waals surface area contributed by atoms with E-state index in [0.29, 0.717) is 17.7 Å². The summed E-state index contributed by atoms with van der Waals surface area (Å²) in [5.74, 6) is 0.694. The van der Waals surface area contributed by atoms with Gasteiger partial charge in [0.15, 0.2) is 6.29 Å². The second-order valence-corrected chi connectivity index (χ2v) is 4.26. The van der Waals surface area contributed by atoms with E-state index in [1.165, 1.54) is 32.1 Å². The SMILES string of the molecule is CCC1CCCCC1n1cc(C=O)nn1. The van der Waals surface area contributed by atoms with Crippen LogP contribution in [0.3, 0.4) is 0 Å². The van der Waals surface area contributed by atoms with E-state index in [9.17, 15) is 4.79 Å². The van der Waals surface area contributed by atoms with Gasteiger partial charge in [0.25, 0.3) is 0 Å². The van der Waals surface area contributed by atoms with Gasteiger partial charge in [0, 0.05) is 0 Å². The number of rotatable bonds is 3. The first-order valence-electron chi connectivity index (χ1n) is 5.72. The zero-order valence-corrected chi connectivity index (χ0v) is 9.09. The summed E-state index contributed by atoms with van der Waals surface area (Å²) in [5, 5.41) is 7.87. The van der Waals surface area contributed by atoms with Crippen LogP contribution >= 0.6 is 0 Å². The lowest BCUT2D eigenvalue weighted by Crippen LogP contribution is -2.23. The summed E-state index contributed by atoms with van der Waals surface area (Å²) in [6.45, 7) is 2.22. The van der Waals surface area contributed by atoms with Crippen LogP contribution in [0.5, 0.6) is 0 Å². The van der Waals surface area contributed by atoms with Crippen molar-refractivity contribution in [2.75, 3.05) is 0 Å². The Kier molecular flexibility index (Phi) is 3.14. The van der Waals surface area contributed by atoms with Crippen molar-refractivity contribution in [3.63, 3.8) is 0 Å². The summed E-state index contributed by atoms with van der Waals surface area (Å²) >= 11 is 0. The molecule has 0 spiro atoms. The molecule has 1 fully saturated rings. The molecule has 0 aliphatic heterocycles. The molecule has 1 aliphatic carbocycles.